The van der Waals surface area contributed by atoms with Crippen LogP contribution in [0.4, 0.5) is 0 Å². The summed E-state index contributed by atoms with van der Waals surface area (Å²) < 4.78 is 0. The van der Waals surface area contributed by atoms with E-state index in [9.17, 15) is 9.59 Å². The second kappa shape index (κ2) is 6.80. The molecular formula is C17H30N2O2. The number of amides is 2. The number of carbonyl (C=O) groups is 2. The first-order valence-electron chi connectivity index (χ1n) is 8.60. The SMILES string of the molecule is CCC1C(=O)N2CCCCC2C(=O)N1C(C)CCC(C)C. The Labute approximate surface area is 128 Å². The van der Waals surface area contributed by atoms with Gasteiger partial charge in [-0.3, -0.25) is 9.59 Å². The van der Waals surface area contributed by atoms with Gasteiger partial charge in [-0.25, -0.2) is 0 Å². The summed E-state index contributed by atoms with van der Waals surface area (Å²) in [5.74, 6) is 1.00. The van der Waals surface area contributed by atoms with Gasteiger partial charge in [-0.15, -0.1) is 0 Å². The highest BCUT2D eigenvalue weighted by atomic mass is 16.2. The van der Waals surface area contributed by atoms with Crippen LogP contribution in [0.2, 0.25) is 0 Å². The quantitative estimate of drug-likeness (QED) is 0.782. The molecule has 0 aliphatic carbocycles. The Bertz CT molecular complexity index is 394. The number of rotatable bonds is 5. The van der Waals surface area contributed by atoms with Gasteiger partial charge in [0.2, 0.25) is 11.8 Å². The molecule has 4 heteroatoms. The zero-order chi connectivity index (χ0) is 15.6. The molecule has 0 radical (unpaired) electrons. The van der Waals surface area contributed by atoms with E-state index in [-0.39, 0.29) is 29.9 Å². The Hall–Kier alpha value is -1.06. The average Bonchev–Trinajstić information content (AvgIpc) is 2.48. The molecule has 3 unspecified atom stereocenters. The molecule has 0 aromatic carbocycles. The van der Waals surface area contributed by atoms with Crippen LogP contribution in [0.3, 0.4) is 0 Å². The molecule has 120 valence electrons. The molecule has 2 heterocycles. The van der Waals surface area contributed by atoms with Gasteiger partial charge in [-0.1, -0.05) is 20.8 Å². The van der Waals surface area contributed by atoms with Gasteiger partial charge in [0, 0.05) is 12.6 Å². The summed E-state index contributed by atoms with van der Waals surface area (Å²) in [5, 5.41) is 0. The molecular weight excluding hydrogens is 264 g/mol. The van der Waals surface area contributed by atoms with E-state index < -0.39 is 0 Å². The molecule has 0 N–H and O–H groups in total. The van der Waals surface area contributed by atoms with Crippen molar-refractivity contribution in [3.05, 3.63) is 0 Å². The van der Waals surface area contributed by atoms with Crippen LogP contribution < -0.4 is 0 Å². The van der Waals surface area contributed by atoms with Crippen molar-refractivity contribution in [2.24, 2.45) is 5.92 Å². The van der Waals surface area contributed by atoms with Crippen LogP contribution >= 0.6 is 0 Å². The van der Waals surface area contributed by atoms with Crippen LogP contribution in [0.15, 0.2) is 0 Å². The van der Waals surface area contributed by atoms with Gasteiger partial charge >= 0.3 is 0 Å². The summed E-state index contributed by atoms with van der Waals surface area (Å²) in [6.07, 6.45) is 5.75. The van der Waals surface area contributed by atoms with E-state index >= 15 is 0 Å². The van der Waals surface area contributed by atoms with Crippen LogP contribution in [0.25, 0.3) is 0 Å². The predicted octanol–water partition coefficient (Wildman–Crippen LogP) is 2.81. The maximum absolute atomic E-state index is 12.9. The van der Waals surface area contributed by atoms with Crippen molar-refractivity contribution >= 4 is 11.8 Å². The van der Waals surface area contributed by atoms with Crippen LogP contribution in [0.5, 0.6) is 0 Å². The summed E-state index contributed by atoms with van der Waals surface area (Å²) in [4.78, 5) is 29.4. The number of carbonyl (C=O) groups excluding carboxylic acids is 2. The lowest BCUT2D eigenvalue weighted by Gasteiger charge is -2.49. The number of piperidine rings is 1. The van der Waals surface area contributed by atoms with E-state index in [2.05, 4.69) is 20.8 Å². The molecule has 2 saturated heterocycles. The Kier molecular flexibility index (Phi) is 5.28. The van der Waals surface area contributed by atoms with Crippen molar-refractivity contribution in [1.29, 1.82) is 0 Å². The van der Waals surface area contributed by atoms with Gasteiger partial charge in [-0.05, 0) is 51.4 Å². The highest BCUT2D eigenvalue weighted by Crippen LogP contribution is 2.30. The highest BCUT2D eigenvalue weighted by molar-refractivity contribution is 5.97. The highest BCUT2D eigenvalue weighted by Gasteiger charge is 2.47. The Morgan fingerprint density at radius 2 is 1.81 bits per heavy atom. The average molecular weight is 294 g/mol. The first-order chi connectivity index (χ1) is 9.97. The maximum atomic E-state index is 12.9. The minimum Gasteiger partial charge on any atom is -0.329 e. The summed E-state index contributed by atoms with van der Waals surface area (Å²) in [5.41, 5.74) is 0. The summed E-state index contributed by atoms with van der Waals surface area (Å²) in [7, 11) is 0. The number of nitrogens with zero attached hydrogens (tertiary/aromatic N) is 2. The van der Waals surface area contributed by atoms with Crippen molar-refractivity contribution in [2.45, 2.75) is 84.3 Å². The zero-order valence-corrected chi connectivity index (χ0v) is 14.0. The van der Waals surface area contributed by atoms with Crippen molar-refractivity contribution in [1.82, 2.24) is 9.80 Å². The smallest absolute Gasteiger partial charge is 0.246 e. The third-order valence-corrected chi connectivity index (χ3v) is 4.97. The van der Waals surface area contributed by atoms with E-state index in [1.165, 1.54) is 0 Å². The van der Waals surface area contributed by atoms with Crippen molar-refractivity contribution in [3.63, 3.8) is 0 Å². The number of hydrogen-bond donors (Lipinski definition) is 0. The van der Waals surface area contributed by atoms with Gasteiger partial charge in [0.25, 0.3) is 0 Å². The topological polar surface area (TPSA) is 40.6 Å². The Morgan fingerprint density at radius 1 is 1.10 bits per heavy atom. The summed E-state index contributed by atoms with van der Waals surface area (Å²) in [6.45, 7) is 9.29. The van der Waals surface area contributed by atoms with E-state index in [4.69, 9.17) is 0 Å². The van der Waals surface area contributed by atoms with E-state index in [0.29, 0.717) is 5.92 Å². The van der Waals surface area contributed by atoms with Gasteiger partial charge in [0.05, 0.1) is 0 Å². The number of fused-ring (bicyclic) bond motifs is 1. The van der Waals surface area contributed by atoms with Gasteiger partial charge in [0.1, 0.15) is 12.1 Å². The Balaban J connectivity index is 2.17. The molecule has 0 aromatic heterocycles. The number of piperazine rings is 1. The van der Waals surface area contributed by atoms with Crippen LogP contribution in [-0.4, -0.2) is 46.3 Å². The fourth-order valence-corrected chi connectivity index (χ4v) is 3.70. The molecule has 0 saturated carbocycles. The molecule has 0 spiro atoms. The van der Waals surface area contributed by atoms with Crippen LogP contribution in [0.1, 0.15) is 66.2 Å². The zero-order valence-electron chi connectivity index (χ0n) is 14.0. The van der Waals surface area contributed by atoms with Gasteiger partial charge in [0.15, 0.2) is 0 Å². The Morgan fingerprint density at radius 3 is 2.43 bits per heavy atom. The predicted molar refractivity (Wildman–Crippen MR) is 83.8 cm³/mol. The third-order valence-electron chi connectivity index (χ3n) is 4.97. The van der Waals surface area contributed by atoms with Crippen molar-refractivity contribution in [3.8, 4) is 0 Å². The monoisotopic (exact) mass is 294 g/mol. The lowest BCUT2D eigenvalue weighted by Crippen LogP contribution is -2.67. The molecule has 2 rings (SSSR count). The minimum absolute atomic E-state index is 0.165. The normalized spacial score (nSPS) is 28.0. The summed E-state index contributed by atoms with van der Waals surface area (Å²) >= 11 is 0. The first kappa shape index (κ1) is 16.3. The van der Waals surface area contributed by atoms with E-state index in [1.807, 2.05) is 16.7 Å². The summed E-state index contributed by atoms with van der Waals surface area (Å²) in [6, 6.07) is -0.262. The maximum Gasteiger partial charge on any atom is 0.246 e. The van der Waals surface area contributed by atoms with Crippen molar-refractivity contribution < 1.29 is 9.59 Å². The third kappa shape index (κ3) is 3.24. The minimum atomic E-state index is -0.242. The molecule has 2 aliphatic heterocycles. The molecule has 2 fully saturated rings. The van der Waals surface area contributed by atoms with E-state index in [1.54, 1.807) is 0 Å². The lowest BCUT2D eigenvalue weighted by atomic mass is 9.92. The van der Waals surface area contributed by atoms with Crippen LogP contribution in [-0.2, 0) is 9.59 Å². The second-order valence-corrected chi connectivity index (χ2v) is 7.03. The van der Waals surface area contributed by atoms with Gasteiger partial charge < -0.3 is 9.80 Å². The molecule has 21 heavy (non-hydrogen) atoms. The molecule has 0 bridgehead atoms. The molecule has 4 nitrogen and oxygen atoms in total. The largest absolute Gasteiger partial charge is 0.329 e. The fraction of sp³-hybridized carbons (Fsp3) is 0.882. The second-order valence-electron chi connectivity index (χ2n) is 7.03. The molecule has 2 amide bonds. The first-order valence-corrected chi connectivity index (χ1v) is 8.60. The van der Waals surface area contributed by atoms with Crippen LogP contribution in [0, 0.1) is 5.92 Å². The standard InChI is InChI=1S/C17H30N2O2/c1-5-14-16(20)18-11-7-6-8-15(18)17(21)19(14)13(4)10-9-12(2)3/h12-15H,5-11H2,1-4H3. The molecule has 2 aliphatic rings. The van der Waals surface area contributed by atoms with Crippen molar-refractivity contribution in [2.75, 3.05) is 6.54 Å². The fourth-order valence-electron chi connectivity index (χ4n) is 3.70. The molecule has 0 aromatic rings. The van der Waals surface area contributed by atoms with Gasteiger partial charge in [-0.2, -0.15) is 0 Å². The van der Waals surface area contributed by atoms with E-state index in [0.717, 1.165) is 45.1 Å². The lowest BCUT2D eigenvalue weighted by molar-refractivity contribution is -0.166. The molecule has 3 atom stereocenters. The number of hydrogen-bond acceptors (Lipinski definition) is 2.